The predicted octanol–water partition coefficient (Wildman–Crippen LogP) is 3.65. The minimum atomic E-state index is -4.50. The number of thioether (sulfide) groups is 1. The molecule has 0 radical (unpaired) electrons. The van der Waals surface area contributed by atoms with Gasteiger partial charge in [0.2, 0.25) is 5.91 Å². The molecule has 1 aromatic carbocycles. The maximum absolute atomic E-state index is 12.5. The van der Waals surface area contributed by atoms with Crippen LogP contribution in [0.15, 0.2) is 41.4 Å². The number of carbonyl (C=O) groups excluding carboxylic acids is 1. The second-order valence-electron chi connectivity index (χ2n) is 6.03. The molecule has 1 aromatic heterocycles. The van der Waals surface area contributed by atoms with E-state index in [1.807, 2.05) is 12.1 Å². The first-order valence-electron chi connectivity index (χ1n) is 7.98. The monoisotopic (exact) mass is 387 g/mol. The summed E-state index contributed by atoms with van der Waals surface area (Å²) in [5.41, 5.74) is -0.346. The van der Waals surface area contributed by atoms with Crippen LogP contribution in [0.25, 0.3) is 0 Å². The number of aliphatic hydroxyl groups excluding tert-OH is 1. The topological polar surface area (TPSA) is 67.2 Å². The van der Waals surface area contributed by atoms with E-state index in [1.165, 1.54) is 18.0 Å². The van der Waals surface area contributed by atoms with E-state index < -0.39 is 18.0 Å². The molecular weight excluding hydrogens is 367 g/mol. The SMILES string of the molecule is CC(C)C(=O)Nc1ccccc1SCC(O)Cn1ccc(C(F)(F)F)n1. The molecule has 2 aromatic rings. The Hall–Kier alpha value is -2.00. The lowest BCUT2D eigenvalue weighted by Crippen LogP contribution is -2.20. The quantitative estimate of drug-likeness (QED) is 0.712. The molecule has 5 nitrogen and oxygen atoms in total. The van der Waals surface area contributed by atoms with Crippen LogP contribution in [0.2, 0.25) is 0 Å². The Morgan fingerprint density at radius 2 is 2.00 bits per heavy atom. The zero-order chi connectivity index (χ0) is 19.3. The van der Waals surface area contributed by atoms with Gasteiger partial charge in [-0.1, -0.05) is 26.0 Å². The van der Waals surface area contributed by atoms with Crippen LogP contribution in [-0.2, 0) is 17.5 Å². The molecule has 1 atom stereocenters. The lowest BCUT2D eigenvalue weighted by molar-refractivity contribution is -0.141. The Bertz CT molecular complexity index is 747. The molecule has 0 bridgehead atoms. The molecule has 26 heavy (non-hydrogen) atoms. The number of alkyl halides is 3. The molecule has 9 heteroatoms. The van der Waals surface area contributed by atoms with E-state index in [0.717, 1.165) is 15.6 Å². The van der Waals surface area contributed by atoms with Gasteiger partial charge < -0.3 is 10.4 Å². The number of hydrogen-bond donors (Lipinski definition) is 2. The minimum Gasteiger partial charge on any atom is -0.390 e. The summed E-state index contributed by atoms with van der Waals surface area (Å²) in [5, 5.41) is 16.3. The summed E-state index contributed by atoms with van der Waals surface area (Å²) >= 11 is 1.31. The number of carbonyl (C=O) groups is 1. The first-order chi connectivity index (χ1) is 12.2. The molecule has 1 amide bonds. The highest BCUT2D eigenvalue weighted by atomic mass is 32.2. The van der Waals surface area contributed by atoms with E-state index >= 15 is 0 Å². The van der Waals surface area contributed by atoms with Crippen LogP contribution in [0.4, 0.5) is 18.9 Å². The zero-order valence-corrected chi connectivity index (χ0v) is 15.1. The Kier molecular flexibility index (Phi) is 6.71. The van der Waals surface area contributed by atoms with Crippen LogP contribution >= 0.6 is 11.8 Å². The van der Waals surface area contributed by atoms with Gasteiger partial charge in [-0.2, -0.15) is 18.3 Å². The first-order valence-corrected chi connectivity index (χ1v) is 8.96. The van der Waals surface area contributed by atoms with Gasteiger partial charge in [-0.15, -0.1) is 11.8 Å². The predicted molar refractivity (Wildman–Crippen MR) is 93.9 cm³/mol. The third kappa shape index (κ3) is 5.77. The maximum Gasteiger partial charge on any atom is 0.435 e. The van der Waals surface area contributed by atoms with Crippen molar-refractivity contribution in [1.82, 2.24) is 9.78 Å². The van der Waals surface area contributed by atoms with Crippen LogP contribution in [0.3, 0.4) is 0 Å². The summed E-state index contributed by atoms with van der Waals surface area (Å²) < 4.78 is 38.7. The van der Waals surface area contributed by atoms with E-state index in [4.69, 9.17) is 0 Å². The summed E-state index contributed by atoms with van der Waals surface area (Å²) in [5.74, 6) is -0.0356. The number of anilines is 1. The van der Waals surface area contributed by atoms with E-state index in [9.17, 15) is 23.1 Å². The fourth-order valence-corrected chi connectivity index (χ4v) is 2.97. The second-order valence-corrected chi connectivity index (χ2v) is 7.09. The number of halogens is 3. The van der Waals surface area contributed by atoms with Crippen molar-refractivity contribution in [3.63, 3.8) is 0 Å². The van der Waals surface area contributed by atoms with E-state index in [1.54, 1.807) is 26.0 Å². The molecule has 2 N–H and O–H groups in total. The molecule has 0 aliphatic rings. The first kappa shape index (κ1) is 20.3. The van der Waals surface area contributed by atoms with Crippen molar-refractivity contribution in [2.24, 2.45) is 5.92 Å². The summed E-state index contributed by atoms with van der Waals surface area (Å²) in [6.07, 6.45) is -4.21. The number of para-hydroxylation sites is 1. The number of aromatic nitrogens is 2. The summed E-state index contributed by atoms with van der Waals surface area (Å²) in [7, 11) is 0. The molecule has 1 unspecified atom stereocenters. The van der Waals surface area contributed by atoms with Gasteiger partial charge in [0.1, 0.15) is 0 Å². The number of hydrogen-bond acceptors (Lipinski definition) is 4. The van der Waals surface area contributed by atoms with Gasteiger partial charge in [0, 0.05) is 22.8 Å². The number of benzene rings is 1. The highest BCUT2D eigenvalue weighted by Crippen LogP contribution is 2.29. The molecule has 0 fully saturated rings. The van der Waals surface area contributed by atoms with Gasteiger partial charge >= 0.3 is 6.18 Å². The van der Waals surface area contributed by atoms with Crippen molar-refractivity contribution < 1.29 is 23.1 Å². The van der Waals surface area contributed by atoms with Gasteiger partial charge in [-0.3, -0.25) is 9.48 Å². The highest BCUT2D eigenvalue weighted by molar-refractivity contribution is 7.99. The van der Waals surface area contributed by atoms with E-state index in [0.29, 0.717) is 5.69 Å². The van der Waals surface area contributed by atoms with Gasteiger partial charge in [0.15, 0.2) is 5.69 Å². The zero-order valence-electron chi connectivity index (χ0n) is 14.3. The summed E-state index contributed by atoms with van der Waals surface area (Å²) in [4.78, 5) is 12.6. The van der Waals surface area contributed by atoms with Gasteiger partial charge in [0.05, 0.1) is 18.3 Å². The van der Waals surface area contributed by atoms with Gasteiger partial charge in [-0.25, -0.2) is 0 Å². The van der Waals surface area contributed by atoms with Crippen molar-refractivity contribution in [2.45, 2.75) is 37.6 Å². The smallest absolute Gasteiger partial charge is 0.390 e. The standard InChI is InChI=1S/C17H20F3N3O2S/c1-11(2)16(25)21-13-5-3-4-6-14(13)26-10-12(24)9-23-8-7-15(22-23)17(18,19)20/h3-8,11-12,24H,9-10H2,1-2H3,(H,21,25). The molecule has 0 aliphatic carbocycles. The van der Waals surface area contributed by atoms with Crippen LogP contribution in [0.5, 0.6) is 0 Å². The number of amides is 1. The fraction of sp³-hybridized carbons (Fsp3) is 0.412. The lowest BCUT2D eigenvalue weighted by Gasteiger charge is -2.14. The van der Waals surface area contributed by atoms with E-state index in [2.05, 4.69) is 10.4 Å². The minimum absolute atomic E-state index is 0.0520. The van der Waals surface area contributed by atoms with Crippen LogP contribution in [0.1, 0.15) is 19.5 Å². The molecular formula is C17H20F3N3O2S. The van der Waals surface area contributed by atoms with Crippen LogP contribution < -0.4 is 5.32 Å². The largest absolute Gasteiger partial charge is 0.435 e. The Labute approximate surface area is 153 Å². The molecule has 0 saturated heterocycles. The molecule has 142 valence electrons. The molecule has 2 rings (SSSR count). The molecule has 0 aliphatic heterocycles. The number of nitrogens with one attached hydrogen (secondary N) is 1. The maximum atomic E-state index is 12.5. The Balaban J connectivity index is 1.94. The van der Waals surface area contributed by atoms with Crippen LogP contribution in [0, 0.1) is 5.92 Å². The average Bonchev–Trinajstić information content (AvgIpc) is 3.02. The van der Waals surface area contributed by atoms with Crippen molar-refractivity contribution in [2.75, 3.05) is 11.1 Å². The van der Waals surface area contributed by atoms with Crippen molar-refractivity contribution in [3.8, 4) is 0 Å². The Morgan fingerprint density at radius 3 is 2.62 bits per heavy atom. The molecule has 0 saturated carbocycles. The van der Waals surface area contributed by atoms with Crippen molar-refractivity contribution >= 4 is 23.4 Å². The van der Waals surface area contributed by atoms with Crippen molar-refractivity contribution in [1.29, 1.82) is 0 Å². The Morgan fingerprint density at radius 1 is 1.31 bits per heavy atom. The van der Waals surface area contributed by atoms with Crippen LogP contribution in [-0.4, -0.2) is 32.7 Å². The molecule has 1 heterocycles. The third-order valence-electron chi connectivity index (χ3n) is 3.43. The normalized spacial score (nSPS) is 13.0. The van der Waals surface area contributed by atoms with Gasteiger partial charge in [0.25, 0.3) is 0 Å². The number of aliphatic hydroxyl groups is 1. The highest BCUT2D eigenvalue weighted by Gasteiger charge is 2.33. The molecule has 0 spiro atoms. The summed E-state index contributed by atoms with van der Waals surface area (Å²) in [6.45, 7) is 3.52. The average molecular weight is 387 g/mol. The van der Waals surface area contributed by atoms with Gasteiger partial charge in [-0.05, 0) is 18.2 Å². The summed E-state index contributed by atoms with van der Waals surface area (Å²) in [6, 6.07) is 8.04. The van der Waals surface area contributed by atoms with E-state index in [-0.39, 0.29) is 24.1 Å². The fourth-order valence-electron chi connectivity index (χ4n) is 2.04. The second kappa shape index (κ2) is 8.59. The lowest BCUT2D eigenvalue weighted by atomic mass is 10.2. The third-order valence-corrected chi connectivity index (χ3v) is 4.65. The number of rotatable bonds is 7. The number of nitrogens with zero attached hydrogens (tertiary/aromatic N) is 2. The van der Waals surface area contributed by atoms with Crippen molar-refractivity contribution in [3.05, 3.63) is 42.2 Å².